The number of halogens is 1. The highest BCUT2D eigenvalue weighted by Gasteiger charge is 2.65. The maximum Gasteiger partial charge on any atom is 0.132 e. The van der Waals surface area contributed by atoms with Gasteiger partial charge < -0.3 is 24.5 Å². The normalized spacial score (nSPS) is 40.8. The number of alkyl halides is 1. The summed E-state index contributed by atoms with van der Waals surface area (Å²) in [5.74, 6) is 0.636. The zero-order chi connectivity index (χ0) is 22.1. The summed E-state index contributed by atoms with van der Waals surface area (Å²) in [6.45, 7) is 9.80. The van der Waals surface area contributed by atoms with Crippen LogP contribution >= 0.6 is 11.6 Å². The Hall–Kier alpha value is -0.850. The predicted molar refractivity (Wildman–Crippen MR) is 116 cm³/mol. The third-order valence-electron chi connectivity index (χ3n) is 8.03. The molecule has 1 saturated carbocycles. The largest absolute Gasteiger partial charge is 0.466 e. The molecule has 4 rings (SSSR count). The number of fused-ring (bicyclic) bond motifs is 5. The Bertz CT molecular complexity index is 845. The van der Waals surface area contributed by atoms with Gasteiger partial charge in [0.25, 0.3) is 0 Å². The fourth-order valence-electron chi connectivity index (χ4n) is 6.37. The van der Waals surface area contributed by atoms with E-state index in [1.807, 2.05) is 33.8 Å². The van der Waals surface area contributed by atoms with Gasteiger partial charge in [-0.05, 0) is 73.5 Å². The van der Waals surface area contributed by atoms with Crippen molar-refractivity contribution < 1.29 is 24.5 Å². The smallest absolute Gasteiger partial charge is 0.132 e. The van der Waals surface area contributed by atoms with E-state index in [1.54, 1.807) is 6.26 Å². The standard InChI is InChI=1S/C24H35ClO5/c1-13(2)24(28)20(25)10-19-22(5)8-6-15-16(12-29-18(15)11-26)17(22)7-9-23(19,27)21(24)30-14(3)4/h10,12-14,17,20-21,26-28H,6-9,11H2,1-5H3. The van der Waals surface area contributed by atoms with Gasteiger partial charge in [-0.2, -0.15) is 0 Å². The molecule has 0 aromatic carbocycles. The summed E-state index contributed by atoms with van der Waals surface area (Å²) in [5.41, 5.74) is 0.166. The molecule has 6 atom stereocenters. The lowest BCUT2D eigenvalue weighted by Crippen LogP contribution is -2.70. The van der Waals surface area contributed by atoms with Gasteiger partial charge in [-0.25, -0.2) is 0 Å². The van der Waals surface area contributed by atoms with Crippen LogP contribution in [-0.2, 0) is 17.8 Å². The fourth-order valence-corrected chi connectivity index (χ4v) is 6.86. The van der Waals surface area contributed by atoms with Crippen molar-refractivity contribution in [2.45, 2.75) is 102 Å². The number of ether oxygens (including phenoxy) is 1. The van der Waals surface area contributed by atoms with Crippen molar-refractivity contribution in [3.05, 3.63) is 34.8 Å². The molecule has 0 bridgehead atoms. The topological polar surface area (TPSA) is 83.1 Å². The van der Waals surface area contributed by atoms with Crippen LogP contribution in [0.15, 0.2) is 22.3 Å². The average molecular weight is 439 g/mol. The van der Waals surface area contributed by atoms with Gasteiger partial charge in [-0.3, -0.25) is 0 Å². The highest BCUT2D eigenvalue weighted by Crippen LogP contribution is 2.63. The molecular formula is C24H35ClO5. The number of rotatable bonds is 4. The quantitative estimate of drug-likeness (QED) is 0.487. The second-order valence-corrected chi connectivity index (χ2v) is 10.7. The summed E-state index contributed by atoms with van der Waals surface area (Å²) in [6, 6.07) is 0. The van der Waals surface area contributed by atoms with Crippen molar-refractivity contribution in [3.63, 3.8) is 0 Å². The van der Waals surface area contributed by atoms with E-state index in [4.69, 9.17) is 20.8 Å². The van der Waals surface area contributed by atoms with Gasteiger partial charge in [0.15, 0.2) is 0 Å². The predicted octanol–water partition coefficient (Wildman–Crippen LogP) is 4.06. The minimum absolute atomic E-state index is 0.0964. The zero-order valence-electron chi connectivity index (χ0n) is 18.6. The second-order valence-electron chi connectivity index (χ2n) is 10.3. The minimum Gasteiger partial charge on any atom is -0.466 e. The van der Waals surface area contributed by atoms with Crippen molar-refractivity contribution >= 4 is 11.6 Å². The maximum absolute atomic E-state index is 12.1. The molecule has 0 amide bonds. The van der Waals surface area contributed by atoms with E-state index in [-0.39, 0.29) is 30.0 Å². The monoisotopic (exact) mass is 438 g/mol. The number of hydrogen-bond donors (Lipinski definition) is 3. The van der Waals surface area contributed by atoms with Crippen LogP contribution in [0.3, 0.4) is 0 Å². The highest BCUT2D eigenvalue weighted by atomic mass is 35.5. The molecule has 5 nitrogen and oxygen atoms in total. The molecule has 3 aliphatic rings. The Labute approximate surface area is 184 Å². The molecule has 1 aromatic rings. The Kier molecular flexibility index (Phi) is 5.47. The molecule has 3 N–H and O–H groups in total. The van der Waals surface area contributed by atoms with Crippen LogP contribution in [0.2, 0.25) is 0 Å². The molecular weight excluding hydrogens is 404 g/mol. The first-order chi connectivity index (χ1) is 14.0. The highest BCUT2D eigenvalue weighted by molar-refractivity contribution is 6.23. The molecule has 30 heavy (non-hydrogen) atoms. The van der Waals surface area contributed by atoms with E-state index >= 15 is 0 Å². The molecule has 1 aromatic heterocycles. The molecule has 3 aliphatic carbocycles. The van der Waals surface area contributed by atoms with Crippen LogP contribution in [0.25, 0.3) is 0 Å². The summed E-state index contributed by atoms with van der Waals surface area (Å²) >= 11 is 6.83. The van der Waals surface area contributed by atoms with Crippen LogP contribution in [0, 0.1) is 11.3 Å². The van der Waals surface area contributed by atoms with Crippen LogP contribution in [0.4, 0.5) is 0 Å². The van der Waals surface area contributed by atoms with E-state index in [2.05, 4.69) is 6.92 Å². The lowest BCUT2D eigenvalue weighted by atomic mass is 9.49. The number of aliphatic hydroxyl groups excluding tert-OH is 1. The molecule has 0 aliphatic heterocycles. The summed E-state index contributed by atoms with van der Waals surface area (Å²) in [4.78, 5) is 0. The molecule has 1 heterocycles. The maximum atomic E-state index is 12.1. The van der Waals surface area contributed by atoms with Gasteiger partial charge in [-0.15, -0.1) is 11.6 Å². The number of furan rings is 1. The molecule has 0 spiro atoms. The van der Waals surface area contributed by atoms with Crippen molar-refractivity contribution in [1.82, 2.24) is 0 Å². The van der Waals surface area contributed by atoms with Crippen molar-refractivity contribution in [2.24, 2.45) is 11.3 Å². The molecule has 168 valence electrons. The lowest BCUT2D eigenvalue weighted by Gasteiger charge is -2.61. The number of aliphatic hydroxyl groups is 3. The lowest BCUT2D eigenvalue weighted by molar-refractivity contribution is -0.227. The Balaban J connectivity index is 1.84. The number of hydrogen-bond acceptors (Lipinski definition) is 5. The van der Waals surface area contributed by atoms with E-state index in [1.165, 1.54) is 0 Å². The summed E-state index contributed by atoms with van der Waals surface area (Å²) in [5, 5.41) is 32.8. The molecule has 1 fully saturated rings. The Morgan fingerprint density at radius 1 is 1.23 bits per heavy atom. The Morgan fingerprint density at radius 2 is 1.93 bits per heavy atom. The summed E-state index contributed by atoms with van der Waals surface area (Å²) in [7, 11) is 0. The van der Waals surface area contributed by atoms with Crippen LogP contribution in [0.5, 0.6) is 0 Å². The molecule has 6 unspecified atom stereocenters. The van der Waals surface area contributed by atoms with Gasteiger partial charge in [-0.1, -0.05) is 26.8 Å². The molecule has 0 saturated heterocycles. The van der Waals surface area contributed by atoms with Crippen molar-refractivity contribution in [1.29, 1.82) is 0 Å². The fraction of sp³-hybridized carbons (Fsp3) is 0.750. The van der Waals surface area contributed by atoms with Gasteiger partial charge in [0.1, 0.15) is 29.7 Å². The van der Waals surface area contributed by atoms with Crippen molar-refractivity contribution in [3.8, 4) is 0 Å². The zero-order valence-corrected chi connectivity index (χ0v) is 19.4. The third-order valence-corrected chi connectivity index (χ3v) is 8.51. The first kappa shape index (κ1) is 22.3. The van der Waals surface area contributed by atoms with Crippen LogP contribution in [0.1, 0.15) is 76.7 Å². The van der Waals surface area contributed by atoms with Gasteiger partial charge >= 0.3 is 0 Å². The summed E-state index contributed by atoms with van der Waals surface area (Å²) in [6.07, 6.45) is 5.56. The average Bonchev–Trinajstić information content (AvgIpc) is 3.09. The Morgan fingerprint density at radius 3 is 2.53 bits per heavy atom. The first-order valence-corrected chi connectivity index (χ1v) is 11.6. The van der Waals surface area contributed by atoms with E-state index < -0.39 is 22.7 Å². The molecule has 0 radical (unpaired) electrons. The van der Waals surface area contributed by atoms with Crippen molar-refractivity contribution in [2.75, 3.05) is 0 Å². The van der Waals surface area contributed by atoms with Gasteiger partial charge in [0, 0.05) is 0 Å². The first-order valence-electron chi connectivity index (χ1n) is 11.2. The van der Waals surface area contributed by atoms with E-state index in [0.29, 0.717) is 12.2 Å². The van der Waals surface area contributed by atoms with E-state index in [9.17, 15) is 15.3 Å². The summed E-state index contributed by atoms with van der Waals surface area (Å²) < 4.78 is 11.9. The van der Waals surface area contributed by atoms with Crippen LogP contribution in [-0.4, -0.2) is 44.1 Å². The van der Waals surface area contributed by atoms with Gasteiger partial charge in [0.05, 0.1) is 17.7 Å². The SMILES string of the molecule is CC(C)OC1C2(O)CCC3c4coc(CO)c4CCC3(C)C2=CC(Cl)C1(O)C(C)C. The van der Waals surface area contributed by atoms with Crippen LogP contribution < -0.4 is 0 Å². The molecule has 6 heteroatoms. The third kappa shape index (κ3) is 2.89. The van der Waals surface area contributed by atoms with E-state index in [0.717, 1.165) is 36.0 Å². The van der Waals surface area contributed by atoms with Gasteiger partial charge in [0.2, 0.25) is 0 Å². The second kappa shape index (κ2) is 7.35. The minimum atomic E-state index is -1.37.